The zero-order chi connectivity index (χ0) is 12.3. The van der Waals surface area contributed by atoms with Crippen molar-refractivity contribution in [2.24, 2.45) is 0 Å². The van der Waals surface area contributed by atoms with Gasteiger partial charge in [-0.25, -0.2) is 13.8 Å². The van der Waals surface area contributed by atoms with Gasteiger partial charge in [0, 0.05) is 0 Å². The van der Waals surface area contributed by atoms with Crippen molar-refractivity contribution in [2.45, 2.75) is 6.43 Å². The zero-order valence-electron chi connectivity index (χ0n) is 8.42. The number of alkyl halides is 2. The second-order valence-corrected chi connectivity index (χ2v) is 3.02. The monoisotopic (exact) mass is 239 g/mol. The van der Waals surface area contributed by atoms with Crippen LogP contribution in [0.2, 0.25) is 0 Å². The van der Waals surface area contributed by atoms with E-state index in [0.29, 0.717) is 6.41 Å². The molecule has 0 aromatic carbocycles. The van der Waals surface area contributed by atoms with Crippen molar-refractivity contribution in [2.75, 3.05) is 5.32 Å². The maximum atomic E-state index is 12.8. The van der Waals surface area contributed by atoms with E-state index in [2.05, 4.69) is 20.5 Å². The molecule has 0 atom stereocenters. The molecule has 2 heterocycles. The lowest BCUT2D eigenvalue weighted by Gasteiger charge is -2.08. The van der Waals surface area contributed by atoms with Crippen LogP contribution in [0, 0.1) is 0 Å². The fourth-order valence-corrected chi connectivity index (χ4v) is 1.27. The van der Waals surface area contributed by atoms with E-state index in [1.54, 1.807) is 0 Å². The van der Waals surface area contributed by atoms with Crippen molar-refractivity contribution in [3.63, 3.8) is 0 Å². The van der Waals surface area contributed by atoms with E-state index in [1.807, 2.05) is 0 Å². The number of rotatable bonds is 4. The number of amides is 1. The first-order valence-electron chi connectivity index (χ1n) is 4.57. The minimum Gasteiger partial charge on any atom is -0.327 e. The summed E-state index contributed by atoms with van der Waals surface area (Å²) in [4.78, 5) is 15.0. The Labute approximate surface area is 94.3 Å². The number of nitrogens with one attached hydrogen (secondary N) is 1. The Balaban J connectivity index is 2.48. The number of pyridine rings is 1. The van der Waals surface area contributed by atoms with E-state index in [0.717, 1.165) is 10.9 Å². The summed E-state index contributed by atoms with van der Waals surface area (Å²) < 4.78 is 25.6. The van der Waals surface area contributed by atoms with Gasteiger partial charge in [0.2, 0.25) is 6.41 Å². The van der Waals surface area contributed by atoms with Crippen molar-refractivity contribution in [3.8, 4) is 5.82 Å². The van der Waals surface area contributed by atoms with Crippen molar-refractivity contribution in [3.05, 3.63) is 30.2 Å². The van der Waals surface area contributed by atoms with Crippen LogP contribution in [0.5, 0.6) is 0 Å². The second kappa shape index (κ2) is 4.64. The normalized spacial score (nSPS) is 10.5. The maximum Gasteiger partial charge on any atom is 0.267 e. The lowest BCUT2D eigenvalue weighted by molar-refractivity contribution is -0.105. The standard InChI is InChI=1S/C9H7F2N5O/c10-8(11)7-3-6(13-5-17)4-12-9(7)16-14-1-2-15-16/h1-5,8H,(H,13,17). The molecule has 8 heteroatoms. The Bertz CT molecular complexity index is 514. The maximum absolute atomic E-state index is 12.8. The van der Waals surface area contributed by atoms with Crippen LogP contribution in [-0.4, -0.2) is 26.4 Å². The van der Waals surface area contributed by atoms with Crippen LogP contribution in [0.1, 0.15) is 12.0 Å². The number of anilines is 1. The topological polar surface area (TPSA) is 72.7 Å². The quantitative estimate of drug-likeness (QED) is 0.813. The summed E-state index contributed by atoms with van der Waals surface area (Å²) in [5, 5.41) is 9.70. The highest BCUT2D eigenvalue weighted by Crippen LogP contribution is 2.25. The van der Waals surface area contributed by atoms with E-state index in [9.17, 15) is 13.6 Å². The Hall–Kier alpha value is -2.38. The van der Waals surface area contributed by atoms with E-state index >= 15 is 0 Å². The summed E-state index contributed by atoms with van der Waals surface area (Å²) in [5.74, 6) is -0.0681. The van der Waals surface area contributed by atoms with Gasteiger partial charge in [-0.05, 0) is 6.07 Å². The highest BCUT2D eigenvalue weighted by molar-refractivity contribution is 5.71. The van der Waals surface area contributed by atoms with Crippen molar-refractivity contribution in [1.29, 1.82) is 0 Å². The first-order chi connectivity index (χ1) is 8.22. The first-order valence-corrected chi connectivity index (χ1v) is 4.57. The molecule has 0 saturated heterocycles. The Morgan fingerprint density at radius 2 is 2.06 bits per heavy atom. The Kier molecular flexibility index (Phi) is 3.03. The average molecular weight is 239 g/mol. The highest BCUT2D eigenvalue weighted by atomic mass is 19.3. The van der Waals surface area contributed by atoms with Gasteiger partial charge in [-0.3, -0.25) is 4.79 Å². The number of hydrogen-bond donors (Lipinski definition) is 1. The predicted molar refractivity (Wildman–Crippen MR) is 53.8 cm³/mol. The molecule has 0 radical (unpaired) electrons. The Morgan fingerprint density at radius 1 is 1.35 bits per heavy atom. The summed E-state index contributed by atoms with van der Waals surface area (Å²) in [6.07, 6.45) is 1.61. The number of nitrogens with zero attached hydrogens (tertiary/aromatic N) is 4. The molecule has 0 aliphatic carbocycles. The van der Waals surface area contributed by atoms with Gasteiger partial charge in [0.1, 0.15) is 0 Å². The Morgan fingerprint density at radius 3 is 2.65 bits per heavy atom. The molecule has 0 fully saturated rings. The minimum absolute atomic E-state index is 0.0681. The molecule has 17 heavy (non-hydrogen) atoms. The summed E-state index contributed by atoms with van der Waals surface area (Å²) >= 11 is 0. The first kappa shape index (κ1) is 11.1. The van der Waals surface area contributed by atoms with Crippen LogP contribution in [-0.2, 0) is 4.79 Å². The molecule has 0 aliphatic rings. The van der Waals surface area contributed by atoms with Gasteiger partial charge in [-0.2, -0.15) is 10.2 Å². The molecule has 0 unspecified atom stereocenters. The van der Waals surface area contributed by atoms with Gasteiger partial charge in [0.15, 0.2) is 5.82 Å². The van der Waals surface area contributed by atoms with Gasteiger partial charge in [-0.1, -0.05) is 0 Å². The summed E-state index contributed by atoms with van der Waals surface area (Å²) in [6, 6.07) is 1.13. The van der Waals surface area contributed by atoms with E-state index in [4.69, 9.17) is 0 Å². The molecule has 0 saturated carbocycles. The van der Waals surface area contributed by atoms with Gasteiger partial charge in [-0.15, -0.1) is 4.80 Å². The number of carbonyl (C=O) groups excluding carboxylic acids is 1. The van der Waals surface area contributed by atoms with Crippen molar-refractivity contribution in [1.82, 2.24) is 20.0 Å². The number of carbonyl (C=O) groups is 1. The number of halogens is 2. The molecule has 0 aliphatic heterocycles. The van der Waals surface area contributed by atoms with Crippen LogP contribution in [0.15, 0.2) is 24.7 Å². The highest BCUT2D eigenvalue weighted by Gasteiger charge is 2.17. The summed E-state index contributed by atoms with van der Waals surface area (Å²) in [7, 11) is 0. The average Bonchev–Trinajstić information content (AvgIpc) is 2.82. The molecule has 0 spiro atoms. The third kappa shape index (κ3) is 2.25. The summed E-state index contributed by atoms with van der Waals surface area (Å²) in [5.41, 5.74) is -0.167. The molecule has 1 N–H and O–H groups in total. The van der Waals surface area contributed by atoms with Crippen molar-refractivity contribution >= 4 is 12.1 Å². The fourth-order valence-electron chi connectivity index (χ4n) is 1.27. The molecular formula is C9H7F2N5O. The molecule has 6 nitrogen and oxygen atoms in total. The molecule has 88 valence electrons. The zero-order valence-corrected chi connectivity index (χ0v) is 8.42. The van der Waals surface area contributed by atoms with E-state index < -0.39 is 6.43 Å². The minimum atomic E-state index is -2.74. The molecule has 2 aromatic heterocycles. The van der Waals surface area contributed by atoms with Crippen LogP contribution in [0.4, 0.5) is 14.5 Å². The van der Waals surface area contributed by atoms with Crippen LogP contribution >= 0.6 is 0 Å². The lowest BCUT2D eigenvalue weighted by Crippen LogP contribution is -2.07. The number of aromatic nitrogens is 4. The fraction of sp³-hybridized carbons (Fsp3) is 0.111. The van der Waals surface area contributed by atoms with Gasteiger partial charge >= 0.3 is 0 Å². The summed E-state index contributed by atoms with van der Waals surface area (Å²) in [6.45, 7) is 0. The van der Waals surface area contributed by atoms with Crippen molar-refractivity contribution < 1.29 is 13.6 Å². The molecule has 2 rings (SSSR count). The van der Waals surface area contributed by atoms with Gasteiger partial charge in [0.05, 0.1) is 29.8 Å². The SMILES string of the molecule is O=CNc1cnc(-n2nccn2)c(C(F)F)c1. The third-order valence-corrected chi connectivity index (χ3v) is 1.96. The van der Waals surface area contributed by atoms with E-state index in [1.165, 1.54) is 18.6 Å². The number of hydrogen-bond acceptors (Lipinski definition) is 4. The molecule has 0 bridgehead atoms. The van der Waals surface area contributed by atoms with Crippen LogP contribution in [0.25, 0.3) is 5.82 Å². The molecular weight excluding hydrogens is 232 g/mol. The second-order valence-electron chi connectivity index (χ2n) is 3.02. The lowest BCUT2D eigenvalue weighted by atomic mass is 10.2. The predicted octanol–water partition coefficient (Wildman–Crippen LogP) is 1.17. The third-order valence-electron chi connectivity index (χ3n) is 1.96. The molecule has 2 aromatic rings. The molecule has 1 amide bonds. The smallest absolute Gasteiger partial charge is 0.267 e. The van der Waals surface area contributed by atoms with Gasteiger partial charge < -0.3 is 5.32 Å². The van der Waals surface area contributed by atoms with Crippen LogP contribution < -0.4 is 5.32 Å². The largest absolute Gasteiger partial charge is 0.327 e. The van der Waals surface area contributed by atoms with E-state index in [-0.39, 0.29) is 17.1 Å². The van der Waals surface area contributed by atoms with Gasteiger partial charge in [0.25, 0.3) is 6.43 Å². The van der Waals surface area contributed by atoms with Crippen LogP contribution in [0.3, 0.4) is 0 Å².